The van der Waals surface area contributed by atoms with E-state index in [-0.39, 0.29) is 24.1 Å². The number of ether oxygens (including phenoxy) is 2. The molecule has 1 aliphatic heterocycles. The number of carboxylic acid groups (broad SMARTS) is 1. The van der Waals surface area contributed by atoms with Crippen LogP contribution in [-0.4, -0.2) is 43.7 Å². The van der Waals surface area contributed by atoms with E-state index in [2.05, 4.69) is 4.72 Å². The molecule has 1 atom stereocenters. The van der Waals surface area contributed by atoms with Crippen molar-refractivity contribution in [2.24, 2.45) is 0 Å². The normalized spacial score (nSPS) is 23.0. The highest BCUT2D eigenvalue weighted by molar-refractivity contribution is 7.93. The minimum absolute atomic E-state index is 0.0364. The van der Waals surface area contributed by atoms with Crippen LogP contribution in [0.25, 0.3) is 0 Å². The molecule has 1 saturated heterocycles. The number of carbonyl (C=O) groups is 1. The molecule has 130 valence electrons. The highest BCUT2D eigenvalue weighted by atomic mass is 32.2. The predicted molar refractivity (Wildman–Crippen MR) is 82.3 cm³/mol. The molecule has 9 heteroatoms. The average Bonchev–Trinajstić information content (AvgIpc) is 2.97. The first kappa shape index (κ1) is 16.9. The molecule has 7 nitrogen and oxygen atoms in total. The first-order chi connectivity index (χ1) is 11.3. The van der Waals surface area contributed by atoms with E-state index in [1.165, 1.54) is 18.2 Å². The van der Waals surface area contributed by atoms with Crippen LogP contribution in [-0.2, 0) is 24.3 Å². The lowest BCUT2D eigenvalue weighted by Gasteiger charge is -2.32. The summed E-state index contributed by atoms with van der Waals surface area (Å²) >= 11 is 0. The van der Waals surface area contributed by atoms with E-state index in [0.717, 1.165) is 12.1 Å². The Morgan fingerprint density at radius 3 is 2.46 bits per heavy atom. The maximum atomic E-state index is 12.9. The van der Waals surface area contributed by atoms with Crippen molar-refractivity contribution in [3.05, 3.63) is 41.7 Å². The number of aliphatic carboxylic acids is 1. The lowest BCUT2D eigenvalue weighted by Crippen LogP contribution is -2.41. The highest BCUT2D eigenvalue weighted by Crippen LogP contribution is 2.37. The molecule has 0 saturated carbocycles. The number of halogens is 1. The van der Waals surface area contributed by atoms with E-state index < -0.39 is 32.8 Å². The number of hydrogen-bond donors (Lipinski definition) is 2. The molecule has 1 fully saturated rings. The number of anilines is 1. The van der Waals surface area contributed by atoms with E-state index in [1.54, 1.807) is 0 Å². The van der Waals surface area contributed by atoms with Crippen LogP contribution in [0.4, 0.5) is 10.1 Å². The molecule has 0 radical (unpaired) electrons. The van der Waals surface area contributed by atoms with Crippen molar-refractivity contribution in [1.82, 2.24) is 0 Å². The number of benzene rings is 1. The largest absolute Gasteiger partial charge is 0.478 e. The smallest absolute Gasteiger partial charge is 0.332 e. The van der Waals surface area contributed by atoms with Crippen LogP contribution in [0.5, 0.6) is 0 Å². The van der Waals surface area contributed by atoms with Gasteiger partial charge in [0, 0.05) is 12.1 Å². The van der Waals surface area contributed by atoms with Crippen molar-refractivity contribution in [1.29, 1.82) is 0 Å². The van der Waals surface area contributed by atoms with E-state index in [9.17, 15) is 22.7 Å². The van der Waals surface area contributed by atoms with Gasteiger partial charge in [-0.15, -0.1) is 0 Å². The van der Waals surface area contributed by atoms with Gasteiger partial charge in [0.15, 0.2) is 5.79 Å². The zero-order valence-corrected chi connectivity index (χ0v) is 13.4. The second-order valence-corrected chi connectivity index (χ2v) is 7.46. The van der Waals surface area contributed by atoms with Gasteiger partial charge in [-0.05, 0) is 36.8 Å². The quantitative estimate of drug-likeness (QED) is 0.846. The zero-order valence-electron chi connectivity index (χ0n) is 12.6. The molecule has 1 aromatic rings. The van der Waals surface area contributed by atoms with Gasteiger partial charge in [0.25, 0.3) is 0 Å². The number of rotatable bonds is 4. The Morgan fingerprint density at radius 1 is 1.25 bits per heavy atom. The van der Waals surface area contributed by atoms with Crippen LogP contribution in [0.2, 0.25) is 0 Å². The molecule has 1 aliphatic carbocycles. The Labute approximate surface area is 138 Å². The third-order valence-corrected chi connectivity index (χ3v) is 5.74. The third kappa shape index (κ3) is 3.28. The fraction of sp³-hybridized carbons (Fsp3) is 0.400. The summed E-state index contributed by atoms with van der Waals surface area (Å²) in [5.74, 6) is -3.00. The second kappa shape index (κ2) is 6.15. The van der Waals surface area contributed by atoms with Crippen LogP contribution < -0.4 is 4.72 Å². The topological polar surface area (TPSA) is 102 Å². The predicted octanol–water partition coefficient (Wildman–Crippen LogP) is 1.48. The Hall–Kier alpha value is -1.97. The fourth-order valence-electron chi connectivity index (χ4n) is 2.86. The second-order valence-electron chi connectivity index (χ2n) is 5.59. The zero-order chi connectivity index (χ0) is 17.4. The van der Waals surface area contributed by atoms with Gasteiger partial charge in [0.05, 0.1) is 18.8 Å². The minimum Gasteiger partial charge on any atom is -0.478 e. The fourth-order valence-corrected chi connectivity index (χ4v) is 4.40. The molecule has 1 aromatic carbocycles. The first-order valence-electron chi connectivity index (χ1n) is 7.32. The third-order valence-electron chi connectivity index (χ3n) is 3.98. The van der Waals surface area contributed by atoms with Gasteiger partial charge in [-0.2, -0.15) is 0 Å². The molecular weight excluding hydrogens is 341 g/mol. The molecule has 2 N–H and O–H groups in total. The van der Waals surface area contributed by atoms with Gasteiger partial charge < -0.3 is 14.6 Å². The summed E-state index contributed by atoms with van der Waals surface area (Å²) in [5.41, 5.74) is -0.132. The summed E-state index contributed by atoms with van der Waals surface area (Å²) in [6, 6.07) is 4.76. The van der Waals surface area contributed by atoms with Crippen molar-refractivity contribution in [2.75, 3.05) is 17.9 Å². The van der Waals surface area contributed by atoms with Gasteiger partial charge in [-0.3, -0.25) is 4.72 Å². The molecule has 1 heterocycles. The number of carboxylic acids is 1. The summed E-state index contributed by atoms with van der Waals surface area (Å²) in [4.78, 5) is 11.5. The monoisotopic (exact) mass is 357 g/mol. The van der Waals surface area contributed by atoms with Crippen molar-refractivity contribution >= 4 is 21.7 Å². The summed E-state index contributed by atoms with van der Waals surface area (Å²) < 4.78 is 51.2. The van der Waals surface area contributed by atoms with Crippen molar-refractivity contribution < 1.29 is 32.2 Å². The summed E-state index contributed by atoms with van der Waals surface area (Å²) in [5, 5.41) is 8.15. The lowest BCUT2D eigenvalue weighted by molar-refractivity contribution is -0.138. The Bertz CT molecular complexity index is 768. The molecule has 0 amide bonds. The van der Waals surface area contributed by atoms with Crippen LogP contribution in [0.3, 0.4) is 0 Å². The minimum atomic E-state index is -4.02. The molecule has 0 bridgehead atoms. The van der Waals surface area contributed by atoms with E-state index >= 15 is 0 Å². The van der Waals surface area contributed by atoms with Gasteiger partial charge in [0.1, 0.15) is 11.1 Å². The Kier molecular flexibility index (Phi) is 4.33. The van der Waals surface area contributed by atoms with E-state index in [1.807, 2.05) is 0 Å². The molecule has 1 unspecified atom stereocenters. The van der Waals surface area contributed by atoms with Gasteiger partial charge in [0.2, 0.25) is 10.0 Å². The first-order valence-corrected chi connectivity index (χ1v) is 8.87. The maximum absolute atomic E-state index is 12.9. The average molecular weight is 357 g/mol. The molecule has 0 aromatic heterocycles. The molecule has 1 spiro atoms. The summed E-state index contributed by atoms with van der Waals surface area (Å²) in [6.45, 7) is 0.656. The standard InChI is InChI=1S/C15H16FNO6S/c16-10-1-3-11(4-2-10)17-24(20,21)13-5-6-15(22-7-8-23-15)9-12(13)14(18)19/h1-4,9,13,17H,5-8H2,(H,18,19). The SMILES string of the molecule is O=C(O)C1=CC2(CCC1S(=O)(=O)Nc1ccc(F)cc1)OCCO2. The van der Waals surface area contributed by atoms with Crippen LogP contribution in [0.1, 0.15) is 12.8 Å². The van der Waals surface area contributed by atoms with Crippen molar-refractivity contribution in [3.63, 3.8) is 0 Å². The molecule has 24 heavy (non-hydrogen) atoms. The molecule has 2 aliphatic rings. The van der Waals surface area contributed by atoms with Gasteiger partial charge >= 0.3 is 5.97 Å². The highest BCUT2D eigenvalue weighted by Gasteiger charge is 2.45. The lowest BCUT2D eigenvalue weighted by atomic mass is 9.94. The Balaban J connectivity index is 1.89. The maximum Gasteiger partial charge on any atom is 0.332 e. The number of sulfonamides is 1. The van der Waals surface area contributed by atoms with Gasteiger partial charge in [-0.25, -0.2) is 17.6 Å². The molecule has 3 rings (SSSR count). The van der Waals surface area contributed by atoms with Crippen LogP contribution >= 0.6 is 0 Å². The Morgan fingerprint density at radius 2 is 1.88 bits per heavy atom. The van der Waals surface area contributed by atoms with E-state index in [4.69, 9.17) is 9.47 Å². The van der Waals surface area contributed by atoms with E-state index in [0.29, 0.717) is 13.2 Å². The number of nitrogens with one attached hydrogen (secondary N) is 1. The van der Waals surface area contributed by atoms with Crippen LogP contribution in [0.15, 0.2) is 35.9 Å². The number of hydrogen-bond acceptors (Lipinski definition) is 5. The van der Waals surface area contributed by atoms with Crippen molar-refractivity contribution in [3.8, 4) is 0 Å². The van der Waals surface area contributed by atoms with Crippen LogP contribution in [0, 0.1) is 5.82 Å². The van der Waals surface area contributed by atoms with Crippen molar-refractivity contribution in [2.45, 2.75) is 23.9 Å². The summed E-state index contributed by atoms with van der Waals surface area (Å²) in [6.07, 6.45) is 1.51. The summed E-state index contributed by atoms with van der Waals surface area (Å²) in [7, 11) is -4.02. The molecular formula is C15H16FNO6S. The van der Waals surface area contributed by atoms with Gasteiger partial charge in [-0.1, -0.05) is 0 Å².